The fourth-order valence-electron chi connectivity index (χ4n) is 0.764. The van der Waals surface area contributed by atoms with Crippen molar-refractivity contribution in [2.24, 2.45) is 0 Å². The van der Waals surface area contributed by atoms with Gasteiger partial charge >= 0.3 is 0 Å². The monoisotopic (exact) mass is 211 g/mol. The van der Waals surface area contributed by atoms with E-state index in [4.69, 9.17) is 0 Å². The highest BCUT2D eigenvalue weighted by Crippen LogP contribution is 1.90. The van der Waals surface area contributed by atoms with E-state index in [1.165, 1.54) is 0 Å². The van der Waals surface area contributed by atoms with E-state index < -0.39 is 0 Å². The van der Waals surface area contributed by atoms with E-state index in [-0.39, 0.29) is 24.8 Å². The zero-order valence-electron chi connectivity index (χ0n) is 7.28. The fraction of sp³-hybridized carbons (Fsp3) is 0.571. The van der Waals surface area contributed by atoms with Crippen molar-refractivity contribution in [1.29, 1.82) is 0 Å². The Bertz CT molecular complexity index is 175. The molecule has 0 bridgehead atoms. The second-order valence-electron chi connectivity index (χ2n) is 2.59. The van der Waals surface area contributed by atoms with Crippen LogP contribution in [-0.4, -0.2) is 35.5 Å². The van der Waals surface area contributed by atoms with E-state index in [2.05, 4.69) is 29.0 Å². The van der Waals surface area contributed by atoms with Crippen LogP contribution in [0.3, 0.4) is 0 Å². The first-order valence-corrected chi connectivity index (χ1v) is 3.42. The molecule has 12 heavy (non-hydrogen) atoms. The second kappa shape index (κ2) is 7.40. The zero-order valence-corrected chi connectivity index (χ0v) is 8.91. The predicted octanol–water partition coefficient (Wildman–Crippen LogP) is 1.36. The summed E-state index contributed by atoms with van der Waals surface area (Å²) >= 11 is 0. The lowest BCUT2D eigenvalue weighted by Crippen LogP contribution is -2.15. The second-order valence-corrected chi connectivity index (χ2v) is 2.59. The van der Waals surface area contributed by atoms with Gasteiger partial charge in [-0.2, -0.15) is 0 Å². The number of nitrogens with one attached hydrogen (secondary N) is 1. The summed E-state index contributed by atoms with van der Waals surface area (Å²) < 4.78 is 0. The average molecular weight is 212 g/mol. The van der Waals surface area contributed by atoms with Gasteiger partial charge in [-0.1, -0.05) is 0 Å². The molecule has 0 saturated carbocycles. The van der Waals surface area contributed by atoms with Gasteiger partial charge in [0.1, 0.15) is 5.82 Å². The van der Waals surface area contributed by atoms with Crippen molar-refractivity contribution in [1.82, 2.24) is 14.9 Å². The first-order valence-electron chi connectivity index (χ1n) is 3.42. The predicted molar refractivity (Wildman–Crippen MR) is 55.3 cm³/mol. The van der Waals surface area contributed by atoms with Gasteiger partial charge in [0.05, 0.1) is 0 Å². The van der Waals surface area contributed by atoms with Crippen molar-refractivity contribution in [3.8, 4) is 0 Å². The van der Waals surface area contributed by atoms with E-state index in [0.29, 0.717) is 0 Å². The van der Waals surface area contributed by atoms with Crippen LogP contribution in [0.25, 0.3) is 0 Å². The van der Waals surface area contributed by atoms with E-state index >= 15 is 0 Å². The van der Waals surface area contributed by atoms with Gasteiger partial charge < -0.3 is 9.88 Å². The summed E-state index contributed by atoms with van der Waals surface area (Å²) in [5, 5.41) is 0. The SMILES string of the molecule is CN(C)CCc1ncc[nH]1.Cl.Cl. The van der Waals surface area contributed by atoms with Crippen LogP contribution in [0.2, 0.25) is 0 Å². The Balaban J connectivity index is 0. The smallest absolute Gasteiger partial charge is 0.107 e. The molecule has 1 heterocycles. The molecule has 0 radical (unpaired) electrons. The number of aromatic nitrogens is 2. The minimum absolute atomic E-state index is 0. The van der Waals surface area contributed by atoms with Crippen LogP contribution >= 0.6 is 24.8 Å². The van der Waals surface area contributed by atoms with Crippen molar-refractivity contribution in [3.05, 3.63) is 18.2 Å². The number of imidazole rings is 1. The Morgan fingerprint density at radius 1 is 1.42 bits per heavy atom. The maximum absolute atomic E-state index is 4.11. The molecule has 0 unspecified atom stereocenters. The van der Waals surface area contributed by atoms with Crippen LogP contribution in [0.4, 0.5) is 0 Å². The molecular formula is C7H15Cl2N3. The Kier molecular flexibility index (Phi) is 8.81. The summed E-state index contributed by atoms with van der Waals surface area (Å²) in [6.45, 7) is 1.05. The highest BCUT2D eigenvalue weighted by atomic mass is 35.5. The molecule has 3 nitrogen and oxygen atoms in total. The van der Waals surface area contributed by atoms with Gasteiger partial charge in [0.15, 0.2) is 0 Å². The summed E-state index contributed by atoms with van der Waals surface area (Å²) in [6, 6.07) is 0. The largest absolute Gasteiger partial charge is 0.349 e. The number of hydrogen-bond acceptors (Lipinski definition) is 2. The molecule has 0 atom stereocenters. The average Bonchev–Trinajstić information content (AvgIpc) is 2.34. The van der Waals surface area contributed by atoms with Crippen LogP contribution in [0.1, 0.15) is 5.82 Å². The molecule has 1 rings (SSSR count). The van der Waals surface area contributed by atoms with Crippen molar-refractivity contribution in [3.63, 3.8) is 0 Å². The van der Waals surface area contributed by atoms with Crippen LogP contribution in [0.15, 0.2) is 12.4 Å². The molecule has 1 aromatic heterocycles. The quantitative estimate of drug-likeness (QED) is 0.820. The molecule has 0 aliphatic carbocycles. The Labute approximate surface area is 85.4 Å². The molecule has 1 N–H and O–H groups in total. The third kappa shape index (κ3) is 5.41. The van der Waals surface area contributed by atoms with Crippen LogP contribution in [0.5, 0.6) is 0 Å². The van der Waals surface area contributed by atoms with Gasteiger partial charge in [-0.25, -0.2) is 4.98 Å². The van der Waals surface area contributed by atoms with E-state index in [1.54, 1.807) is 6.20 Å². The third-order valence-corrected chi connectivity index (χ3v) is 1.35. The number of aromatic amines is 1. The molecule has 5 heteroatoms. The number of likely N-dealkylation sites (N-methyl/N-ethyl adjacent to an activating group) is 1. The van der Waals surface area contributed by atoms with E-state index in [0.717, 1.165) is 18.8 Å². The van der Waals surface area contributed by atoms with Gasteiger partial charge in [-0.3, -0.25) is 0 Å². The standard InChI is InChI=1S/C7H13N3.2ClH/c1-10(2)6-3-7-8-4-5-9-7;;/h4-5H,3,6H2,1-2H3,(H,8,9);2*1H. The molecule has 0 fully saturated rings. The minimum atomic E-state index is 0. The van der Waals surface area contributed by atoms with Gasteiger partial charge in [-0.05, 0) is 14.1 Å². The van der Waals surface area contributed by atoms with Gasteiger partial charge in [0.25, 0.3) is 0 Å². The number of nitrogens with zero attached hydrogens (tertiary/aromatic N) is 2. The lowest BCUT2D eigenvalue weighted by molar-refractivity contribution is 0.410. The first-order chi connectivity index (χ1) is 4.79. The highest BCUT2D eigenvalue weighted by Gasteiger charge is 1.94. The zero-order chi connectivity index (χ0) is 7.40. The Morgan fingerprint density at radius 3 is 2.50 bits per heavy atom. The fourth-order valence-corrected chi connectivity index (χ4v) is 0.764. The molecule has 0 spiro atoms. The number of halogens is 2. The van der Waals surface area contributed by atoms with Crippen molar-refractivity contribution >= 4 is 24.8 Å². The maximum Gasteiger partial charge on any atom is 0.107 e. The Morgan fingerprint density at radius 2 is 2.08 bits per heavy atom. The van der Waals surface area contributed by atoms with Crippen molar-refractivity contribution in [2.75, 3.05) is 20.6 Å². The van der Waals surface area contributed by atoms with Crippen LogP contribution < -0.4 is 0 Å². The number of H-pyrrole nitrogens is 1. The molecule has 0 amide bonds. The lowest BCUT2D eigenvalue weighted by Gasteiger charge is -2.06. The summed E-state index contributed by atoms with van der Waals surface area (Å²) in [7, 11) is 4.12. The minimum Gasteiger partial charge on any atom is -0.349 e. The van der Waals surface area contributed by atoms with Crippen LogP contribution in [0, 0.1) is 0 Å². The van der Waals surface area contributed by atoms with Crippen molar-refractivity contribution < 1.29 is 0 Å². The molecule has 0 aliphatic rings. The summed E-state index contributed by atoms with van der Waals surface area (Å²) in [6.07, 6.45) is 4.63. The Hall–Kier alpha value is -0.250. The number of rotatable bonds is 3. The topological polar surface area (TPSA) is 31.9 Å². The first kappa shape index (κ1) is 14.3. The summed E-state index contributed by atoms with van der Waals surface area (Å²) in [4.78, 5) is 9.30. The molecule has 0 aromatic carbocycles. The van der Waals surface area contributed by atoms with E-state index in [9.17, 15) is 0 Å². The number of hydrogen-bond donors (Lipinski definition) is 1. The third-order valence-electron chi connectivity index (χ3n) is 1.35. The molecule has 0 saturated heterocycles. The van der Waals surface area contributed by atoms with E-state index in [1.807, 2.05) is 6.20 Å². The van der Waals surface area contributed by atoms with Gasteiger partial charge in [0.2, 0.25) is 0 Å². The van der Waals surface area contributed by atoms with Crippen LogP contribution in [-0.2, 0) is 6.42 Å². The summed E-state index contributed by atoms with van der Waals surface area (Å²) in [5.41, 5.74) is 0. The molecule has 1 aromatic rings. The lowest BCUT2D eigenvalue weighted by atomic mass is 10.4. The van der Waals surface area contributed by atoms with Crippen molar-refractivity contribution in [2.45, 2.75) is 6.42 Å². The van der Waals surface area contributed by atoms with Gasteiger partial charge in [0, 0.05) is 25.4 Å². The summed E-state index contributed by atoms with van der Waals surface area (Å²) in [5.74, 6) is 1.06. The van der Waals surface area contributed by atoms with Gasteiger partial charge in [-0.15, -0.1) is 24.8 Å². The highest BCUT2D eigenvalue weighted by molar-refractivity contribution is 5.85. The molecule has 72 valence electrons. The maximum atomic E-state index is 4.11. The normalized spacial score (nSPS) is 8.92. The molecule has 0 aliphatic heterocycles. The molecular weight excluding hydrogens is 197 g/mol.